The van der Waals surface area contributed by atoms with Crippen molar-refractivity contribution in [1.29, 1.82) is 0 Å². The Kier molecular flexibility index (Phi) is 4.35. The molecule has 4 heteroatoms. The number of carbonyl (C=O) groups excluding carboxylic acids is 1. The molecule has 1 saturated heterocycles. The van der Waals surface area contributed by atoms with Gasteiger partial charge in [-0.25, -0.2) is 0 Å². The molecule has 1 heterocycles. The van der Waals surface area contributed by atoms with Crippen molar-refractivity contribution in [3.63, 3.8) is 0 Å². The lowest BCUT2D eigenvalue weighted by Crippen LogP contribution is -2.42. The summed E-state index contributed by atoms with van der Waals surface area (Å²) in [6.45, 7) is 6.51. The van der Waals surface area contributed by atoms with E-state index in [0.717, 1.165) is 13.0 Å². The lowest BCUT2D eigenvalue weighted by Gasteiger charge is -2.29. The maximum atomic E-state index is 12.6. The number of aliphatic carboxylic acids is 1. The van der Waals surface area contributed by atoms with Gasteiger partial charge in [-0.2, -0.15) is 0 Å². The second-order valence-electron chi connectivity index (χ2n) is 6.42. The third kappa shape index (κ3) is 3.09. The second-order valence-corrected chi connectivity index (χ2v) is 6.42. The molecule has 1 fully saturated rings. The summed E-state index contributed by atoms with van der Waals surface area (Å²) in [7, 11) is 0. The fourth-order valence-electron chi connectivity index (χ4n) is 3.16. The van der Waals surface area contributed by atoms with Crippen LogP contribution < -0.4 is 0 Å². The van der Waals surface area contributed by atoms with E-state index in [0.29, 0.717) is 11.5 Å². The molecule has 1 aromatic carbocycles. The Bertz CT molecular complexity index is 528. The molecule has 1 N–H and O–H groups in total. The first-order valence-electron chi connectivity index (χ1n) is 7.43. The maximum absolute atomic E-state index is 12.6. The molecular weight excluding hydrogens is 266 g/mol. The first kappa shape index (κ1) is 15.5. The van der Waals surface area contributed by atoms with Gasteiger partial charge in [0.1, 0.15) is 0 Å². The molecule has 3 atom stereocenters. The summed E-state index contributed by atoms with van der Waals surface area (Å²) < 4.78 is 0. The zero-order valence-electron chi connectivity index (χ0n) is 12.9. The first-order valence-corrected chi connectivity index (χ1v) is 7.43. The lowest BCUT2D eigenvalue weighted by molar-refractivity contribution is -0.147. The maximum Gasteiger partial charge on any atom is 0.314 e. The number of amides is 1. The van der Waals surface area contributed by atoms with E-state index in [1.807, 2.05) is 30.0 Å². The smallest absolute Gasteiger partial charge is 0.314 e. The van der Waals surface area contributed by atoms with Crippen LogP contribution in [-0.4, -0.2) is 34.5 Å². The van der Waals surface area contributed by atoms with Gasteiger partial charge in [-0.1, -0.05) is 37.3 Å². The standard InChI is InChI=1S/C17H23NO3/c1-12-9-13(2)18(11-12)15(19)10-17(3,16(20)21)14-7-5-4-6-8-14/h4-8,12-13H,9-11H2,1-3H3,(H,20,21). The Labute approximate surface area is 125 Å². The Morgan fingerprint density at radius 1 is 1.29 bits per heavy atom. The molecule has 114 valence electrons. The number of nitrogens with zero attached hydrogens (tertiary/aromatic N) is 1. The van der Waals surface area contributed by atoms with Crippen LogP contribution in [0.15, 0.2) is 30.3 Å². The molecule has 0 aliphatic carbocycles. The van der Waals surface area contributed by atoms with Crippen molar-refractivity contribution in [2.75, 3.05) is 6.54 Å². The molecule has 0 spiro atoms. The monoisotopic (exact) mass is 289 g/mol. The fourth-order valence-corrected chi connectivity index (χ4v) is 3.16. The molecule has 1 aromatic rings. The van der Waals surface area contributed by atoms with Crippen LogP contribution in [0.3, 0.4) is 0 Å². The van der Waals surface area contributed by atoms with E-state index >= 15 is 0 Å². The van der Waals surface area contributed by atoms with Gasteiger partial charge in [0.2, 0.25) is 5.91 Å². The highest BCUT2D eigenvalue weighted by Crippen LogP contribution is 2.31. The van der Waals surface area contributed by atoms with Gasteiger partial charge in [0.05, 0.1) is 5.41 Å². The SMILES string of the molecule is CC1CC(C)N(C(=O)CC(C)(C(=O)O)c2ccccc2)C1. The molecule has 0 radical (unpaired) electrons. The molecule has 1 aliphatic heterocycles. The first-order chi connectivity index (χ1) is 9.84. The number of hydrogen-bond donors (Lipinski definition) is 1. The van der Waals surface area contributed by atoms with E-state index in [2.05, 4.69) is 6.92 Å². The van der Waals surface area contributed by atoms with E-state index in [4.69, 9.17) is 0 Å². The molecule has 0 bridgehead atoms. The van der Waals surface area contributed by atoms with Gasteiger partial charge < -0.3 is 10.0 Å². The molecule has 0 saturated carbocycles. The second kappa shape index (κ2) is 5.88. The fraction of sp³-hybridized carbons (Fsp3) is 0.529. The van der Waals surface area contributed by atoms with Crippen molar-refractivity contribution in [3.8, 4) is 0 Å². The lowest BCUT2D eigenvalue weighted by atomic mass is 9.79. The van der Waals surface area contributed by atoms with Gasteiger partial charge in [-0.05, 0) is 31.7 Å². The highest BCUT2D eigenvalue weighted by Gasteiger charge is 2.40. The summed E-state index contributed by atoms with van der Waals surface area (Å²) in [6.07, 6.45) is 0.990. The van der Waals surface area contributed by atoms with Crippen LogP contribution >= 0.6 is 0 Å². The summed E-state index contributed by atoms with van der Waals surface area (Å²) >= 11 is 0. The topological polar surface area (TPSA) is 57.6 Å². The number of hydrogen-bond acceptors (Lipinski definition) is 2. The number of rotatable bonds is 4. The van der Waals surface area contributed by atoms with Gasteiger partial charge in [0.25, 0.3) is 0 Å². The van der Waals surface area contributed by atoms with Crippen molar-refractivity contribution in [1.82, 2.24) is 4.90 Å². The van der Waals surface area contributed by atoms with Crippen LogP contribution in [0.25, 0.3) is 0 Å². The Morgan fingerprint density at radius 2 is 1.90 bits per heavy atom. The average Bonchev–Trinajstić information content (AvgIpc) is 2.78. The molecule has 2 rings (SSSR count). The van der Waals surface area contributed by atoms with Gasteiger partial charge in [-0.15, -0.1) is 0 Å². The quantitative estimate of drug-likeness (QED) is 0.927. The third-order valence-electron chi connectivity index (χ3n) is 4.49. The van der Waals surface area contributed by atoms with Crippen molar-refractivity contribution in [3.05, 3.63) is 35.9 Å². The van der Waals surface area contributed by atoms with E-state index in [9.17, 15) is 14.7 Å². The zero-order chi connectivity index (χ0) is 15.6. The minimum Gasteiger partial charge on any atom is -0.481 e. The molecule has 3 unspecified atom stereocenters. The molecule has 0 aromatic heterocycles. The van der Waals surface area contributed by atoms with Crippen LogP contribution in [0.4, 0.5) is 0 Å². The average molecular weight is 289 g/mol. The van der Waals surface area contributed by atoms with Crippen LogP contribution in [0.1, 0.15) is 39.2 Å². The summed E-state index contributed by atoms with van der Waals surface area (Å²) in [5.74, 6) is -0.542. The molecule has 21 heavy (non-hydrogen) atoms. The molecule has 1 aliphatic rings. The Morgan fingerprint density at radius 3 is 2.38 bits per heavy atom. The predicted molar refractivity (Wildman–Crippen MR) is 81.0 cm³/mol. The van der Waals surface area contributed by atoms with Gasteiger partial charge in [0.15, 0.2) is 0 Å². The molecule has 1 amide bonds. The molecular formula is C17H23NO3. The Hall–Kier alpha value is -1.84. The highest BCUT2D eigenvalue weighted by atomic mass is 16.4. The van der Waals surface area contributed by atoms with Gasteiger partial charge in [0, 0.05) is 19.0 Å². The van der Waals surface area contributed by atoms with Crippen molar-refractivity contribution < 1.29 is 14.7 Å². The van der Waals surface area contributed by atoms with E-state index in [1.54, 1.807) is 19.1 Å². The van der Waals surface area contributed by atoms with Crippen LogP contribution in [0.2, 0.25) is 0 Å². The van der Waals surface area contributed by atoms with E-state index in [1.165, 1.54) is 0 Å². The molecule has 4 nitrogen and oxygen atoms in total. The summed E-state index contributed by atoms with van der Waals surface area (Å²) in [5.41, 5.74) is -0.505. The normalized spacial score (nSPS) is 24.6. The largest absolute Gasteiger partial charge is 0.481 e. The van der Waals surface area contributed by atoms with Crippen molar-refractivity contribution >= 4 is 11.9 Å². The third-order valence-corrected chi connectivity index (χ3v) is 4.49. The minimum absolute atomic E-state index is 0.00338. The van der Waals surface area contributed by atoms with Gasteiger partial charge >= 0.3 is 5.97 Å². The minimum atomic E-state index is -1.18. The van der Waals surface area contributed by atoms with Crippen LogP contribution in [-0.2, 0) is 15.0 Å². The van der Waals surface area contributed by atoms with Crippen molar-refractivity contribution in [2.24, 2.45) is 5.92 Å². The summed E-state index contributed by atoms with van der Waals surface area (Å²) in [5, 5.41) is 9.62. The van der Waals surface area contributed by atoms with E-state index < -0.39 is 11.4 Å². The van der Waals surface area contributed by atoms with Crippen LogP contribution in [0, 0.1) is 5.92 Å². The summed E-state index contributed by atoms with van der Waals surface area (Å²) in [4.78, 5) is 26.1. The number of carbonyl (C=O) groups is 2. The van der Waals surface area contributed by atoms with Gasteiger partial charge in [-0.3, -0.25) is 9.59 Å². The number of carboxylic acids is 1. The highest BCUT2D eigenvalue weighted by molar-refractivity contribution is 5.89. The zero-order valence-corrected chi connectivity index (χ0v) is 12.9. The van der Waals surface area contributed by atoms with E-state index in [-0.39, 0.29) is 18.4 Å². The number of benzene rings is 1. The Balaban J connectivity index is 2.21. The van der Waals surface area contributed by atoms with Crippen LogP contribution in [0.5, 0.6) is 0 Å². The van der Waals surface area contributed by atoms with Crippen molar-refractivity contribution in [2.45, 2.75) is 45.1 Å². The predicted octanol–water partition coefficient (Wildman–Crippen LogP) is 2.68. The number of carboxylic acid groups (broad SMARTS) is 1. The number of likely N-dealkylation sites (tertiary alicyclic amines) is 1. The summed E-state index contributed by atoms with van der Waals surface area (Å²) in [6, 6.07) is 9.21.